The number of allylic oxidation sites excluding steroid dienone is 2. The van der Waals surface area contributed by atoms with E-state index in [0.29, 0.717) is 23.6 Å². The second-order valence-electron chi connectivity index (χ2n) is 10.1. The van der Waals surface area contributed by atoms with Gasteiger partial charge in [0, 0.05) is 23.6 Å². The van der Waals surface area contributed by atoms with E-state index in [1.807, 2.05) is 0 Å². The maximum absolute atomic E-state index is 14.9. The number of ether oxygens (including phenoxy) is 1. The topological polar surface area (TPSA) is 9.23 Å². The van der Waals surface area contributed by atoms with Crippen LogP contribution in [0.15, 0.2) is 91.3 Å². The standard InChI is InChI=1S/C34H23F11O/c1-2-3-4-26(35)32(40)21-10-7-19(8-11-21)5-6-20-9-14-25(28(37)15-20)34(44,45)46-23-12-13-24(27(36)18-23)22-16-29(38)31(30(39)17-22)33(41,42)43/h2,7-18H,1,3-6H2/b32-26+. The summed E-state index contributed by atoms with van der Waals surface area (Å²) in [7, 11) is 0. The van der Waals surface area contributed by atoms with Crippen molar-refractivity contribution in [3.63, 3.8) is 0 Å². The van der Waals surface area contributed by atoms with Crippen molar-refractivity contribution >= 4 is 5.83 Å². The van der Waals surface area contributed by atoms with Crippen molar-refractivity contribution in [2.45, 2.75) is 38.0 Å². The van der Waals surface area contributed by atoms with Crippen LogP contribution >= 0.6 is 0 Å². The molecule has 0 amide bonds. The Hall–Kier alpha value is -4.61. The molecule has 1 nitrogen and oxygen atoms in total. The zero-order valence-electron chi connectivity index (χ0n) is 23.6. The van der Waals surface area contributed by atoms with Gasteiger partial charge < -0.3 is 4.74 Å². The fourth-order valence-electron chi connectivity index (χ4n) is 4.55. The largest absolute Gasteiger partial charge is 0.429 e. The third-order valence-electron chi connectivity index (χ3n) is 6.89. The molecular weight excluding hydrogens is 633 g/mol. The Morgan fingerprint density at radius 1 is 0.696 bits per heavy atom. The van der Waals surface area contributed by atoms with Crippen LogP contribution < -0.4 is 4.74 Å². The molecule has 0 spiro atoms. The number of hydrogen-bond donors (Lipinski definition) is 0. The minimum absolute atomic E-state index is 0.0415. The molecule has 4 aromatic carbocycles. The minimum Gasteiger partial charge on any atom is -0.429 e. The third kappa shape index (κ3) is 7.96. The second kappa shape index (κ2) is 13.8. The zero-order chi connectivity index (χ0) is 33.8. The molecule has 0 saturated carbocycles. The van der Waals surface area contributed by atoms with E-state index in [9.17, 15) is 48.3 Å². The number of halogens is 11. The van der Waals surface area contributed by atoms with Gasteiger partial charge in [0.25, 0.3) is 0 Å². The quantitative estimate of drug-likeness (QED) is 0.115. The van der Waals surface area contributed by atoms with Crippen LogP contribution in [0.1, 0.15) is 40.7 Å². The molecule has 0 aliphatic heterocycles. The summed E-state index contributed by atoms with van der Waals surface area (Å²) in [6, 6.07) is 11.2. The summed E-state index contributed by atoms with van der Waals surface area (Å²) >= 11 is 0. The predicted molar refractivity (Wildman–Crippen MR) is 150 cm³/mol. The molecule has 0 unspecified atom stereocenters. The van der Waals surface area contributed by atoms with Crippen molar-refractivity contribution in [3.8, 4) is 16.9 Å². The molecule has 0 N–H and O–H groups in total. The van der Waals surface area contributed by atoms with E-state index in [-0.39, 0.29) is 37.0 Å². The Morgan fingerprint density at radius 2 is 1.30 bits per heavy atom. The molecule has 12 heteroatoms. The summed E-state index contributed by atoms with van der Waals surface area (Å²) in [6.07, 6.45) is -7.52. The normalized spacial score (nSPS) is 12.6. The lowest BCUT2D eigenvalue weighted by molar-refractivity contribution is -0.187. The molecule has 46 heavy (non-hydrogen) atoms. The van der Waals surface area contributed by atoms with Crippen LogP contribution in [0, 0.1) is 23.3 Å². The van der Waals surface area contributed by atoms with Crippen LogP contribution in [0.3, 0.4) is 0 Å². The lowest BCUT2D eigenvalue weighted by Gasteiger charge is -2.20. The molecule has 0 saturated heterocycles. The van der Waals surface area contributed by atoms with E-state index >= 15 is 0 Å². The molecule has 0 fully saturated rings. The number of hydrogen-bond acceptors (Lipinski definition) is 1. The van der Waals surface area contributed by atoms with Crippen molar-refractivity contribution in [3.05, 3.63) is 142 Å². The van der Waals surface area contributed by atoms with E-state index < -0.39 is 75.2 Å². The van der Waals surface area contributed by atoms with Gasteiger partial charge >= 0.3 is 12.3 Å². The van der Waals surface area contributed by atoms with Gasteiger partial charge in [-0.2, -0.15) is 22.0 Å². The van der Waals surface area contributed by atoms with Crippen molar-refractivity contribution in [1.29, 1.82) is 0 Å². The van der Waals surface area contributed by atoms with Crippen molar-refractivity contribution in [2.75, 3.05) is 0 Å². The summed E-state index contributed by atoms with van der Waals surface area (Å²) in [6.45, 7) is 3.45. The van der Waals surface area contributed by atoms with Gasteiger partial charge in [-0.05, 0) is 72.4 Å². The van der Waals surface area contributed by atoms with Crippen LogP contribution in [-0.2, 0) is 25.1 Å². The van der Waals surface area contributed by atoms with Gasteiger partial charge in [-0.1, -0.05) is 36.4 Å². The van der Waals surface area contributed by atoms with E-state index in [4.69, 9.17) is 0 Å². The summed E-state index contributed by atoms with van der Waals surface area (Å²) in [5.74, 6) is -9.39. The SMILES string of the molecule is C=CCC/C(F)=C(\F)c1ccc(CCc2ccc(C(F)(F)Oc3ccc(-c4cc(F)c(C(F)(F)F)c(F)c4)c(F)c3)c(F)c2)cc1. The van der Waals surface area contributed by atoms with Crippen molar-refractivity contribution in [2.24, 2.45) is 0 Å². The molecule has 0 aliphatic carbocycles. The van der Waals surface area contributed by atoms with Crippen LogP contribution in [0.25, 0.3) is 17.0 Å². The summed E-state index contributed by atoms with van der Waals surface area (Å²) in [5.41, 5.74) is -3.53. The summed E-state index contributed by atoms with van der Waals surface area (Å²) in [5, 5.41) is 0. The molecular formula is C34H23F11O. The monoisotopic (exact) mass is 656 g/mol. The van der Waals surface area contributed by atoms with Gasteiger partial charge in [0.1, 0.15) is 40.4 Å². The highest BCUT2D eigenvalue weighted by atomic mass is 19.4. The number of rotatable bonds is 11. The van der Waals surface area contributed by atoms with Crippen molar-refractivity contribution in [1.82, 2.24) is 0 Å². The highest BCUT2D eigenvalue weighted by Crippen LogP contribution is 2.38. The first-order valence-corrected chi connectivity index (χ1v) is 13.6. The fourth-order valence-corrected chi connectivity index (χ4v) is 4.55. The summed E-state index contributed by atoms with van der Waals surface area (Å²) < 4.78 is 158. The Balaban J connectivity index is 1.44. The predicted octanol–water partition coefficient (Wildman–Crippen LogP) is 11.4. The van der Waals surface area contributed by atoms with Gasteiger partial charge in [-0.25, -0.2) is 26.3 Å². The smallest absolute Gasteiger partial charge is 0.429 e. The van der Waals surface area contributed by atoms with Gasteiger partial charge in [0.15, 0.2) is 5.83 Å². The average molecular weight is 657 g/mol. The zero-order valence-corrected chi connectivity index (χ0v) is 23.6. The van der Waals surface area contributed by atoms with E-state index in [1.165, 1.54) is 24.3 Å². The van der Waals surface area contributed by atoms with E-state index in [0.717, 1.165) is 24.3 Å². The Bertz CT molecular complexity index is 1730. The second-order valence-corrected chi connectivity index (χ2v) is 10.1. The summed E-state index contributed by atoms with van der Waals surface area (Å²) in [4.78, 5) is 0. The first-order valence-electron chi connectivity index (χ1n) is 13.6. The molecule has 0 atom stereocenters. The minimum atomic E-state index is -5.35. The van der Waals surface area contributed by atoms with Crippen LogP contribution in [0.2, 0.25) is 0 Å². The van der Waals surface area contributed by atoms with Gasteiger partial charge in [0.05, 0.1) is 5.56 Å². The highest BCUT2D eigenvalue weighted by molar-refractivity contribution is 5.66. The Kier molecular flexibility index (Phi) is 10.3. The van der Waals surface area contributed by atoms with Gasteiger partial charge in [-0.15, -0.1) is 6.58 Å². The van der Waals surface area contributed by atoms with Crippen LogP contribution in [-0.4, -0.2) is 0 Å². The molecule has 4 rings (SSSR count). The van der Waals surface area contributed by atoms with Crippen molar-refractivity contribution < 1.29 is 53.0 Å². The van der Waals surface area contributed by atoms with Gasteiger partial charge in [0.2, 0.25) is 0 Å². The lowest BCUT2D eigenvalue weighted by Crippen LogP contribution is -2.23. The molecule has 0 radical (unpaired) electrons. The first-order chi connectivity index (χ1) is 21.6. The van der Waals surface area contributed by atoms with E-state index in [1.54, 1.807) is 12.1 Å². The third-order valence-corrected chi connectivity index (χ3v) is 6.89. The molecule has 0 bridgehead atoms. The Labute approximate surface area is 256 Å². The highest BCUT2D eigenvalue weighted by Gasteiger charge is 2.39. The molecule has 0 aliphatic rings. The maximum atomic E-state index is 14.9. The number of aryl methyl sites for hydroxylation is 2. The molecule has 0 aromatic heterocycles. The first kappa shape index (κ1) is 34.3. The maximum Gasteiger partial charge on any atom is 0.429 e. The van der Waals surface area contributed by atoms with Crippen LogP contribution in [0.5, 0.6) is 5.75 Å². The number of alkyl halides is 5. The molecule has 4 aromatic rings. The number of benzene rings is 4. The lowest BCUT2D eigenvalue weighted by atomic mass is 10.0. The Morgan fingerprint density at radius 3 is 1.87 bits per heavy atom. The van der Waals surface area contributed by atoms with Gasteiger partial charge in [-0.3, -0.25) is 0 Å². The van der Waals surface area contributed by atoms with E-state index in [2.05, 4.69) is 11.3 Å². The van der Waals surface area contributed by atoms with Crippen LogP contribution in [0.4, 0.5) is 48.3 Å². The fraction of sp³-hybridized carbons (Fsp3) is 0.176. The average Bonchev–Trinajstić information content (AvgIpc) is 2.97. The molecule has 0 heterocycles. The molecule has 242 valence electrons.